The molecule has 0 aliphatic heterocycles. The maximum absolute atomic E-state index is 12.7. The summed E-state index contributed by atoms with van der Waals surface area (Å²) in [5, 5.41) is 3.87. The van der Waals surface area contributed by atoms with Crippen LogP contribution in [0.2, 0.25) is 0 Å². The van der Waals surface area contributed by atoms with Gasteiger partial charge in [0.25, 0.3) is 0 Å². The molecular formula is C22H22N2O3. The molecule has 1 N–H and O–H groups in total. The van der Waals surface area contributed by atoms with Gasteiger partial charge in [0, 0.05) is 11.1 Å². The number of hydrogen-bond acceptors (Lipinski definition) is 4. The van der Waals surface area contributed by atoms with E-state index in [4.69, 9.17) is 4.74 Å². The number of pyridine rings is 1. The number of carbonyl (C=O) groups excluding carboxylic acids is 2. The van der Waals surface area contributed by atoms with Crippen LogP contribution in [0.4, 0.5) is 5.69 Å². The molecule has 0 aliphatic carbocycles. The Bertz CT molecular complexity index is 1040. The number of amides is 1. The van der Waals surface area contributed by atoms with Gasteiger partial charge in [0.1, 0.15) is 0 Å². The van der Waals surface area contributed by atoms with Gasteiger partial charge in [-0.3, -0.25) is 9.78 Å². The highest BCUT2D eigenvalue weighted by Crippen LogP contribution is 2.24. The Kier molecular flexibility index (Phi) is 5.21. The smallest absolute Gasteiger partial charge is 0.339 e. The fraction of sp³-hybridized carbons (Fsp3) is 0.227. The summed E-state index contributed by atoms with van der Waals surface area (Å²) in [5.74, 6) is -0.680. The molecule has 27 heavy (non-hydrogen) atoms. The van der Waals surface area contributed by atoms with Crippen LogP contribution in [0.3, 0.4) is 0 Å². The number of anilines is 1. The van der Waals surface area contributed by atoms with Gasteiger partial charge in [-0.15, -0.1) is 0 Å². The van der Waals surface area contributed by atoms with Crippen molar-refractivity contribution in [2.45, 2.75) is 27.2 Å². The van der Waals surface area contributed by atoms with Crippen LogP contribution < -0.4 is 5.32 Å². The summed E-state index contributed by atoms with van der Waals surface area (Å²) in [6.07, 6.45) is 0.185. The molecule has 0 aliphatic rings. The number of aromatic nitrogens is 1. The molecule has 5 heteroatoms. The number of nitrogens with zero attached hydrogens (tertiary/aromatic N) is 1. The number of carbonyl (C=O) groups is 2. The maximum atomic E-state index is 12.7. The minimum absolute atomic E-state index is 0.185. The Morgan fingerprint density at radius 3 is 2.56 bits per heavy atom. The molecule has 0 unspecified atom stereocenters. The molecule has 0 saturated heterocycles. The van der Waals surface area contributed by atoms with Crippen LogP contribution in [0.1, 0.15) is 32.7 Å². The van der Waals surface area contributed by atoms with Crippen LogP contribution in [0.5, 0.6) is 0 Å². The van der Waals surface area contributed by atoms with E-state index in [1.807, 2.05) is 51.1 Å². The van der Waals surface area contributed by atoms with E-state index in [1.54, 1.807) is 12.1 Å². The zero-order chi connectivity index (χ0) is 19.6. The first kappa shape index (κ1) is 18.6. The molecule has 2 aromatic carbocycles. The lowest BCUT2D eigenvalue weighted by molar-refractivity contribution is -0.115. The van der Waals surface area contributed by atoms with Crippen LogP contribution in [0, 0.1) is 20.8 Å². The summed E-state index contributed by atoms with van der Waals surface area (Å²) in [7, 11) is 1.32. The molecule has 3 rings (SSSR count). The summed E-state index contributed by atoms with van der Waals surface area (Å²) < 4.78 is 4.82. The third kappa shape index (κ3) is 3.82. The van der Waals surface area contributed by atoms with Gasteiger partial charge in [-0.25, -0.2) is 4.79 Å². The molecule has 0 bridgehead atoms. The highest BCUT2D eigenvalue weighted by atomic mass is 16.5. The average Bonchev–Trinajstić information content (AvgIpc) is 2.66. The van der Waals surface area contributed by atoms with Gasteiger partial charge in [0.15, 0.2) is 0 Å². The Balaban J connectivity index is 1.89. The quantitative estimate of drug-likeness (QED) is 0.709. The van der Waals surface area contributed by atoms with Crippen molar-refractivity contribution >= 4 is 28.5 Å². The fourth-order valence-corrected chi connectivity index (χ4v) is 3.23. The topological polar surface area (TPSA) is 68.3 Å². The normalized spacial score (nSPS) is 10.7. The minimum atomic E-state index is -0.478. The molecule has 1 aromatic heterocycles. The third-order valence-electron chi connectivity index (χ3n) is 4.68. The summed E-state index contributed by atoms with van der Waals surface area (Å²) in [6, 6.07) is 13.2. The minimum Gasteiger partial charge on any atom is -0.465 e. The summed E-state index contributed by atoms with van der Waals surface area (Å²) in [6.45, 7) is 5.80. The van der Waals surface area contributed by atoms with Crippen molar-refractivity contribution in [2.24, 2.45) is 0 Å². The fourth-order valence-electron chi connectivity index (χ4n) is 3.23. The van der Waals surface area contributed by atoms with Crippen molar-refractivity contribution in [1.29, 1.82) is 0 Å². The van der Waals surface area contributed by atoms with Crippen LogP contribution in [-0.4, -0.2) is 24.0 Å². The second-order valence-electron chi connectivity index (χ2n) is 6.58. The first-order valence-corrected chi connectivity index (χ1v) is 8.74. The first-order valence-electron chi connectivity index (χ1n) is 8.74. The molecule has 0 saturated carbocycles. The number of hydrogen-bond donors (Lipinski definition) is 1. The zero-order valence-corrected chi connectivity index (χ0v) is 15.9. The molecule has 1 amide bonds. The van der Waals surface area contributed by atoms with Gasteiger partial charge in [-0.05, 0) is 50.1 Å². The van der Waals surface area contributed by atoms with E-state index in [9.17, 15) is 9.59 Å². The third-order valence-corrected chi connectivity index (χ3v) is 4.68. The molecule has 138 valence electrons. The number of aryl methyl sites for hydroxylation is 3. The predicted molar refractivity (Wildman–Crippen MR) is 106 cm³/mol. The second kappa shape index (κ2) is 7.58. The highest BCUT2D eigenvalue weighted by molar-refractivity contribution is 6.02. The molecule has 5 nitrogen and oxygen atoms in total. The first-order chi connectivity index (χ1) is 12.9. The van der Waals surface area contributed by atoms with Gasteiger partial charge in [0.2, 0.25) is 5.91 Å². The van der Waals surface area contributed by atoms with Crippen LogP contribution in [0.25, 0.3) is 10.9 Å². The number of esters is 1. The monoisotopic (exact) mass is 362 g/mol. The van der Waals surface area contributed by atoms with Gasteiger partial charge < -0.3 is 10.1 Å². The summed E-state index contributed by atoms with van der Waals surface area (Å²) in [4.78, 5) is 29.3. The Morgan fingerprint density at radius 1 is 1.07 bits per heavy atom. The van der Waals surface area contributed by atoms with Gasteiger partial charge >= 0.3 is 5.97 Å². The number of ether oxygens (including phenoxy) is 1. The Hall–Kier alpha value is -3.21. The van der Waals surface area contributed by atoms with Crippen LogP contribution in [-0.2, 0) is 16.0 Å². The Morgan fingerprint density at radius 2 is 1.81 bits per heavy atom. The number of nitrogens with one attached hydrogen (secondary N) is 1. The van der Waals surface area contributed by atoms with E-state index in [2.05, 4.69) is 10.3 Å². The van der Waals surface area contributed by atoms with Gasteiger partial charge in [0.05, 0.1) is 30.3 Å². The number of rotatable bonds is 4. The number of benzene rings is 2. The standard InChI is InChI=1S/C22H22N2O3/c1-13-9-10-20(18(11-13)22(26)27-4)24-21(25)12-17-14(2)16-7-5-6-8-19(16)23-15(17)3/h5-11H,12H2,1-4H3,(H,24,25). The number of fused-ring (bicyclic) bond motifs is 1. The van der Waals surface area contributed by atoms with E-state index < -0.39 is 5.97 Å². The number of methoxy groups -OCH3 is 1. The van der Waals surface area contributed by atoms with Crippen molar-refractivity contribution < 1.29 is 14.3 Å². The van der Waals surface area contributed by atoms with Crippen molar-refractivity contribution in [3.05, 3.63) is 70.4 Å². The van der Waals surface area contributed by atoms with E-state index in [0.717, 1.165) is 33.3 Å². The number of para-hydroxylation sites is 1. The van der Waals surface area contributed by atoms with E-state index in [1.165, 1.54) is 7.11 Å². The van der Waals surface area contributed by atoms with E-state index >= 15 is 0 Å². The van der Waals surface area contributed by atoms with Gasteiger partial charge in [-0.1, -0.05) is 29.8 Å². The summed E-state index contributed by atoms with van der Waals surface area (Å²) in [5.41, 5.74) is 5.40. The van der Waals surface area contributed by atoms with Gasteiger partial charge in [-0.2, -0.15) is 0 Å². The lowest BCUT2D eigenvalue weighted by Crippen LogP contribution is -2.18. The second-order valence-corrected chi connectivity index (χ2v) is 6.58. The lowest BCUT2D eigenvalue weighted by Gasteiger charge is -2.14. The SMILES string of the molecule is COC(=O)c1cc(C)ccc1NC(=O)Cc1c(C)nc2ccccc2c1C. The van der Waals surface area contributed by atoms with Crippen molar-refractivity contribution in [3.63, 3.8) is 0 Å². The maximum Gasteiger partial charge on any atom is 0.339 e. The highest BCUT2D eigenvalue weighted by Gasteiger charge is 2.17. The molecule has 0 fully saturated rings. The summed E-state index contributed by atoms with van der Waals surface area (Å²) >= 11 is 0. The predicted octanol–water partition coefficient (Wildman–Crippen LogP) is 4.13. The molecule has 0 spiro atoms. The molecular weight excluding hydrogens is 340 g/mol. The van der Waals surface area contributed by atoms with Crippen molar-refractivity contribution in [2.75, 3.05) is 12.4 Å². The van der Waals surface area contributed by atoms with E-state index in [-0.39, 0.29) is 12.3 Å². The van der Waals surface area contributed by atoms with Crippen molar-refractivity contribution in [3.8, 4) is 0 Å². The zero-order valence-electron chi connectivity index (χ0n) is 15.9. The largest absolute Gasteiger partial charge is 0.465 e. The van der Waals surface area contributed by atoms with Crippen molar-refractivity contribution in [1.82, 2.24) is 4.98 Å². The Labute approximate surface area is 158 Å². The molecule has 0 atom stereocenters. The van der Waals surface area contributed by atoms with Crippen LogP contribution >= 0.6 is 0 Å². The van der Waals surface area contributed by atoms with E-state index in [0.29, 0.717) is 11.3 Å². The van der Waals surface area contributed by atoms with Crippen LogP contribution in [0.15, 0.2) is 42.5 Å². The lowest BCUT2D eigenvalue weighted by atomic mass is 9.99. The molecule has 0 radical (unpaired) electrons. The molecule has 3 aromatic rings. The molecule has 1 heterocycles. The average molecular weight is 362 g/mol.